The molecule has 1 saturated carbocycles. The predicted molar refractivity (Wildman–Crippen MR) is 83.2 cm³/mol. The van der Waals surface area contributed by atoms with E-state index in [0.717, 1.165) is 12.0 Å². The van der Waals surface area contributed by atoms with E-state index in [1.54, 1.807) is 6.07 Å². The van der Waals surface area contributed by atoms with Crippen molar-refractivity contribution in [3.05, 3.63) is 69.9 Å². The Labute approximate surface area is 127 Å². The molecule has 1 fully saturated rings. The van der Waals surface area contributed by atoms with E-state index in [0.29, 0.717) is 16.3 Å². The van der Waals surface area contributed by atoms with Gasteiger partial charge in [0, 0.05) is 6.04 Å². The van der Waals surface area contributed by atoms with E-state index >= 15 is 0 Å². The second-order valence-electron chi connectivity index (χ2n) is 5.33. The quantitative estimate of drug-likeness (QED) is 0.858. The number of benzene rings is 2. The minimum Gasteiger partial charge on any atom is -0.313 e. The average Bonchev–Trinajstić information content (AvgIpc) is 3.26. The van der Waals surface area contributed by atoms with Crippen LogP contribution in [0.25, 0.3) is 0 Å². The molecule has 1 aliphatic rings. The highest BCUT2D eigenvalue weighted by Gasteiger charge is 2.44. The standard InChI is InChI=1S/C17H17BrFN/c1-20-17(12-8-5-9-15(19)16(12)18)14-10-13(14)11-6-3-2-4-7-11/h2-9,13-14,17,20H,10H2,1H3. The Morgan fingerprint density at radius 3 is 2.60 bits per heavy atom. The second kappa shape index (κ2) is 5.66. The molecule has 1 N–H and O–H groups in total. The number of rotatable bonds is 4. The number of nitrogens with one attached hydrogen (secondary N) is 1. The third kappa shape index (κ3) is 2.52. The molecule has 0 amide bonds. The largest absolute Gasteiger partial charge is 0.313 e. The highest BCUT2D eigenvalue weighted by Crippen LogP contribution is 2.54. The summed E-state index contributed by atoms with van der Waals surface area (Å²) in [6.07, 6.45) is 1.15. The Bertz CT molecular complexity index is 599. The van der Waals surface area contributed by atoms with Crippen LogP contribution in [-0.2, 0) is 0 Å². The first kappa shape index (κ1) is 13.8. The highest BCUT2D eigenvalue weighted by atomic mass is 79.9. The summed E-state index contributed by atoms with van der Waals surface area (Å²) in [7, 11) is 1.95. The number of halogens is 2. The molecule has 2 aromatic carbocycles. The first-order valence-electron chi connectivity index (χ1n) is 6.88. The zero-order valence-electron chi connectivity index (χ0n) is 11.3. The van der Waals surface area contributed by atoms with Crippen LogP contribution in [0.5, 0.6) is 0 Å². The predicted octanol–water partition coefficient (Wildman–Crippen LogP) is 4.65. The van der Waals surface area contributed by atoms with E-state index in [-0.39, 0.29) is 11.9 Å². The lowest BCUT2D eigenvalue weighted by molar-refractivity contribution is 0.509. The summed E-state index contributed by atoms with van der Waals surface area (Å²) < 4.78 is 14.3. The van der Waals surface area contributed by atoms with Crippen molar-refractivity contribution < 1.29 is 4.39 Å². The first-order chi connectivity index (χ1) is 9.72. The maximum atomic E-state index is 13.7. The van der Waals surface area contributed by atoms with Crippen molar-refractivity contribution in [1.82, 2.24) is 5.32 Å². The zero-order valence-corrected chi connectivity index (χ0v) is 12.9. The maximum Gasteiger partial charge on any atom is 0.137 e. The van der Waals surface area contributed by atoms with Gasteiger partial charge in [0.25, 0.3) is 0 Å². The van der Waals surface area contributed by atoms with Gasteiger partial charge in [-0.1, -0.05) is 42.5 Å². The Balaban J connectivity index is 1.84. The lowest BCUT2D eigenvalue weighted by Gasteiger charge is -2.19. The molecule has 3 unspecified atom stereocenters. The summed E-state index contributed by atoms with van der Waals surface area (Å²) in [6, 6.07) is 16.0. The maximum absolute atomic E-state index is 13.7. The van der Waals surface area contributed by atoms with Crippen molar-refractivity contribution in [2.75, 3.05) is 7.05 Å². The Morgan fingerprint density at radius 1 is 1.15 bits per heavy atom. The van der Waals surface area contributed by atoms with Gasteiger partial charge >= 0.3 is 0 Å². The van der Waals surface area contributed by atoms with Gasteiger partial charge < -0.3 is 5.32 Å². The number of hydrogen-bond donors (Lipinski definition) is 1. The Kier molecular flexibility index (Phi) is 3.90. The van der Waals surface area contributed by atoms with Crippen molar-refractivity contribution in [2.24, 2.45) is 5.92 Å². The van der Waals surface area contributed by atoms with Crippen LogP contribution in [0.3, 0.4) is 0 Å². The lowest BCUT2D eigenvalue weighted by atomic mass is 9.99. The van der Waals surface area contributed by atoms with Crippen LogP contribution >= 0.6 is 15.9 Å². The van der Waals surface area contributed by atoms with E-state index in [2.05, 4.69) is 45.5 Å². The molecule has 0 spiro atoms. The summed E-state index contributed by atoms with van der Waals surface area (Å²) in [5.74, 6) is 0.906. The monoisotopic (exact) mass is 333 g/mol. The molecule has 3 atom stereocenters. The van der Waals surface area contributed by atoms with Gasteiger partial charge in [0.05, 0.1) is 4.47 Å². The molecule has 0 aliphatic heterocycles. The molecule has 0 heterocycles. The van der Waals surface area contributed by atoms with E-state index in [4.69, 9.17) is 0 Å². The molecule has 0 radical (unpaired) electrons. The first-order valence-corrected chi connectivity index (χ1v) is 7.67. The van der Waals surface area contributed by atoms with Gasteiger partial charge in [-0.25, -0.2) is 4.39 Å². The second-order valence-corrected chi connectivity index (χ2v) is 6.12. The molecular formula is C17H17BrFN. The molecule has 3 rings (SSSR count). The fourth-order valence-corrected chi connectivity index (χ4v) is 3.54. The van der Waals surface area contributed by atoms with Gasteiger partial charge in [-0.05, 0) is 58.4 Å². The van der Waals surface area contributed by atoms with E-state index in [1.165, 1.54) is 11.6 Å². The van der Waals surface area contributed by atoms with Crippen LogP contribution in [0.15, 0.2) is 53.0 Å². The van der Waals surface area contributed by atoms with Gasteiger partial charge in [0.2, 0.25) is 0 Å². The fraction of sp³-hybridized carbons (Fsp3) is 0.294. The fourth-order valence-electron chi connectivity index (χ4n) is 3.03. The molecule has 1 nitrogen and oxygen atoms in total. The van der Waals surface area contributed by atoms with Crippen LogP contribution < -0.4 is 5.32 Å². The Hall–Kier alpha value is -1.19. The molecule has 104 valence electrons. The van der Waals surface area contributed by atoms with Crippen LogP contribution in [0.4, 0.5) is 4.39 Å². The molecule has 3 heteroatoms. The molecule has 0 aromatic heterocycles. The SMILES string of the molecule is CNC(c1cccc(F)c1Br)C1CC1c1ccccc1. The molecule has 20 heavy (non-hydrogen) atoms. The van der Waals surface area contributed by atoms with Crippen molar-refractivity contribution in [1.29, 1.82) is 0 Å². The van der Waals surface area contributed by atoms with Crippen LogP contribution in [0, 0.1) is 11.7 Å². The topological polar surface area (TPSA) is 12.0 Å². The van der Waals surface area contributed by atoms with Gasteiger partial charge in [-0.15, -0.1) is 0 Å². The average molecular weight is 334 g/mol. The van der Waals surface area contributed by atoms with Gasteiger partial charge in [-0.3, -0.25) is 0 Å². The lowest BCUT2D eigenvalue weighted by Crippen LogP contribution is -2.19. The number of hydrogen-bond acceptors (Lipinski definition) is 1. The van der Waals surface area contributed by atoms with E-state index in [9.17, 15) is 4.39 Å². The molecule has 0 bridgehead atoms. The van der Waals surface area contributed by atoms with Crippen molar-refractivity contribution in [3.8, 4) is 0 Å². The van der Waals surface area contributed by atoms with Gasteiger partial charge in [0.1, 0.15) is 5.82 Å². The minimum atomic E-state index is -0.195. The summed E-state index contributed by atoms with van der Waals surface area (Å²) in [6.45, 7) is 0. The van der Waals surface area contributed by atoms with Gasteiger partial charge in [0.15, 0.2) is 0 Å². The van der Waals surface area contributed by atoms with Crippen molar-refractivity contribution >= 4 is 15.9 Å². The third-order valence-corrected chi connectivity index (χ3v) is 4.96. The third-order valence-electron chi connectivity index (χ3n) is 4.12. The van der Waals surface area contributed by atoms with Crippen LogP contribution in [0.2, 0.25) is 0 Å². The smallest absolute Gasteiger partial charge is 0.137 e. The van der Waals surface area contributed by atoms with Crippen molar-refractivity contribution in [3.63, 3.8) is 0 Å². The summed E-state index contributed by atoms with van der Waals surface area (Å²) in [4.78, 5) is 0. The summed E-state index contributed by atoms with van der Waals surface area (Å²) in [5, 5.41) is 3.35. The van der Waals surface area contributed by atoms with E-state index < -0.39 is 0 Å². The van der Waals surface area contributed by atoms with Crippen LogP contribution in [0.1, 0.15) is 29.5 Å². The molecule has 1 aliphatic carbocycles. The molecule has 2 aromatic rings. The van der Waals surface area contributed by atoms with E-state index in [1.807, 2.05) is 19.2 Å². The van der Waals surface area contributed by atoms with Gasteiger partial charge in [-0.2, -0.15) is 0 Å². The molecular weight excluding hydrogens is 317 g/mol. The minimum absolute atomic E-state index is 0.185. The Morgan fingerprint density at radius 2 is 1.90 bits per heavy atom. The van der Waals surface area contributed by atoms with Crippen molar-refractivity contribution in [2.45, 2.75) is 18.4 Å². The molecule has 0 saturated heterocycles. The zero-order chi connectivity index (χ0) is 14.1. The highest BCUT2D eigenvalue weighted by molar-refractivity contribution is 9.10. The summed E-state index contributed by atoms with van der Waals surface area (Å²) >= 11 is 3.38. The van der Waals surface area contributed by atoms with Crippen LogP contribution in [-0.4, -0.2) is 7.05 Å². The normalized spacial score (nSPS) is 22.6. The summed E-state index contributed by atoms with van der Waals surface area (Å²) in [5.41, 5.74) is 2.39.